The van der Waals surface area contributed by atoms with Crippen LogP contribution in [0.3, 0.4) is 0 Å². The zero-order valence-corrected chi connectivity index (χ0v) is 24.1. The fraction of sp³-hybridized carbons (Fsp3) is 0.440. The van der Waals surface area contributed by atoms with Crippen LogP contribution in [0.25, 0.3) is 0 Å². The van der Waals surface area contributed by atoms with Crippen LogP contribution in [0, 0.1) is 0 Å². The lowest BCUT2D eigenvalue weighted by molar-refractivity contribution is -0.140. The molecule has 0 bridgehead atoms. The van der Waals surface area contributed by atoms with Crippen molar-refractivity contribution in [2.45, 2.75) is 57.7 Å². The van der Waals surface area contributed by atoms with Crippen LogP contribution in [0.1, 0.15) is 44.6 Å². The van der Waals surface area contributed by atoms with Crippen molar-refractivity contribution >= 4 is 66.7 Å². The lowest BCUT2D eigenvalue weighted by Crippen LogP contribution is -2.53. The molecule has 0 unspecified atom stereocenters. The number of anilines is 1. The molecule has 1 N–H and O–H groups in total. The van der Waals surface area contributed by atoms with Gasteiger partial charge in [0.05, 0.1) is 22.0 Å². The van der Waals surface area contributed by atoms with Gasteiger partial charge < -0.3 is 10.2 Å². The second-order valence-corrected chi connectivity index (χ2v) is 12.6. The molecule has 0 aromatic heterocycles. The summed E-state index contributed by atoms with van der Waals surface area (Å²) in [6.45, 7) is 1.45. The maximum atomic E-state index is 13.7. The van der Waals surface area contributed by atoms with Gasteiger partial charge in [-0.15, -0.1) is 0 Å². The average molecular weight is 619 g/mol. The highest BCUT2D eigenvalue weighted by Crippen LogP contribution is 2.26. The van der Waals surface area contributed by atoms with Crippen LogP contribution in [0.4, 0.5) is 5.69 Å². The van der Waals surface area contributed by atoms with Crippen molar-refractivity contribution in [3.63, 3.8) is 0 Å². The fourth-order valence-corrected chi connectivity index (χ4v) is 5.92. The summed E-state index contributed by atoms with van der Waals surface area (Å²) in [7, 11) is -3.79. The number of carbonyl (C=O) groups is 2. The Kier molecular flexibility index (Phi) is 10.1. The predicted octanol–water partition coefficient (Wildman–Crippen LogP) is 5.39. The number of sulfonamides is 1. The Morgan fingerprint density at radius 2 is 1.81 bits per heavy atom. The zero-order chi connectivity index (χ0) is 26.5. The van der Waals surface area contributed by atoms with Crippen molar-refractivity contribution in [3.8, 4) is 0 Å². The fourth-order valence-electron chi connectivity index (χ4n) is 4.37. The third-order valence-electron chi connectivity index (χ3n) is 6.20. The van der Waals surface area contributed by atoms with E-state index in [0.717, 1.165) is 36.2 Å². The van der Waals surface area contributed by atoms with Crippen molar-refractivity contribution in [2.24, 2.45) is 0 Å². The van der Waals surface area contributed by atoms with Crippen LogP contribution in [-0.2, 0) is 26.2 Å². The molecule has 0 spiro atoms. The molecular formula is C25H30BrCl2N3O4S. The van der Waals surface area contributed by atoms with Crippen molar-refractivity contribution in [1.29, 1.82) is 0 Å². The normalized spacial score (nSPS) is 14.9. The zero-order valence-electron chi connectivity index (χ0n) is 20.2. The van der Waals surface area contributed by atoms with E-state index in [1.807, 2.05) is 6.92 Å². The number of benzene rings is 2. The highest BCUT2D eigenvalue weighted by atomic mass is 79.9. The Bertz CT molecular complexity index is 1210. The minimum atomic E-state index is -3.79. The molecule has 2 amide bonds. The molecular weight excluding hydrogens is 589 g/mol. The SMILES string of the molecule is CC[C@H](C(=O)NC1CCCC1)N(Cc1ccc(Cl)c(Cl)c1)C(=O)CN(c1cccc(Br)c1)S(C)(=O)=O. The molecule has 1 aliphatic rings. The quantitative estimate of drug-likeness (QED) is 0.387. The maximum Gasteiger partial charge on any atom is 0.244 e. The molecule has 2 aromatic rings. The number of nitrogens with one attached hydrogen (secondary N) is 1. The van der Waals surface area contributed by atoms with Gasteiger partial charge >= 0.3 is 0 Å². The molecule has 196 valence electrons. The monoisotopic (exact) mass is 617 g/mol. The summed E-state index contributed by atoms with van der Waals surface area (Å²) in [5.74, 6) is -0.744. The first-order valence-electron chi connectivity index (χ1n) is 11.8. The van der Waals surface area contributed by atoms with Gasteiger partial charge in [-0.25, -0.2) is 8.42 Å². The number of hydrogen-bond acceptors (Lipinski definition) is 4. The third-order valence-corrected chi connectivity index (χ3v) is 8.57. The number of rotatable bonds is 10. The van der Waals surface area contributed by atoms with E-state index >= 15 is 0 Å². The topological polar surface area (TPSA) is 86.8 Å². The van der Waals surface area contributed by atoms with Crippen LogP contribution in [0.2, 0.25) is 10.0 Å². The molecule has 3 rings (SSSR count). The minimum absolute atomic E-state index is 0.0718. The smallest absolute Gasteiger partial charge is 0.244 e. The summed E-state index contributed by atoms with van der Waals surface area (Å²) in [5, 5.41) is 3.78. The van der Waals surface area contributed by atoms with Gasteiger partial charge in [-0.1, -0.05) is 71.0 Å². The van der Waals surface area contributed by atoms with Gasteiger partial charge in [-0.3, -0.25) is 13.9 Å². The second-order valence-electron chi connectivity index (χ2n) is 8.93. The van der Waals surface area contributed by atoms with Crippen LogP contribution in [0.5, 0.6) is 0 Å². The molecule has 0 aliphatic heterocycles. The maximum absolute atomic E-state index is 13.7. The van der Waals surface area contributed by atoms with Gasteiger partial charge in [0.25, 0.3) is 0 Å². The Labute approximate surface area is 231 Å². The van der Waals surface area contributed by atoms with Crippen LogP contribution in [-0.4, -0.2) is 50.0 Å². The summed E-state index contributed by atoms with van der Waals surface area (Å²) in [5.41, 5.74) is 1.02. The van der Waals surface area contributed by atoms with Gasteiger partial charge in [-0.2, -0.15) is 0 Å². The lowest BCUT2D eigenvalue weighted by Gasteiger charge is -2.33. The van der Waals surface area contributed by atoms with Gasteiger partial charge in [0.2, 0.25) is 21.8 Å². The molecule has 0 saturated heterocycles. The van der Waals surface area contributed by atoms with E-state index in [9.17, 15) is 18.0 Å². The molecule has 1 atom stereocenters. The molecule has 11 heteroatoms. The number of halogens is 3. The molecule has 1 aliphatic carbocycles. The highest BCUT2D eigenvalue weighted by Gasteiger charge is 2.33. The van der Waals surface area contributed by atoms with Crippen molar-refractivity contribution in [3.05, 3.63) is 62.5 Å². The van der Waals surface area contributed by atoms with E-state index in [0.29, 0.717) is 32.2 Å². The molecule has 36 heavy (non-hydrogen) atoms. The van der Waals surface area contributed by atoms with Crippen LogP contribution >= 0.6 is 39.1 Å². The van der Waals surface area contributed by atoms with Crippen LogP contribution in [0.15, 0.2) is 46.9 Å². The van der Waals surface area contributed by atoms with E-state index in [1.54, 1.807) is 42.5 Å². The first kappa shape index (κ1) is 28.8. The summed E-state index contributed by atoms with van der Waals surface area (Å²) in [6.07, 6.45) is 5.35. The van der Waals surface area contributed by atoms with Crippen molar-refractivity contribution in [2.75, 3.05) is 17.1 Å². The van der Waals surface area contributed by atoms with E-state index < -0.39 is 28.5 Å². The number of carbonyl (C=O) groups excluding carboxylic acids is 2. The average Bonchev–Trinajstić information content (AvgIpc) is 3.31. The van der Waals surface area contributed by atoms with Gasteiger partial charge in [0.15, 0.2) is 0 Å². The Hall–Kier alpha value is -1.81. The Morgan fingerprint density at radius 1 is 1.11 bits per heavy atom. The van der Waals surface area contributed by atoms with E-state index in [2.05, 4.69) is 21.2 Å². The Morgan fingerprint density at radius 3 is 2.39 bits per heavy atom. The lowest BCUT2D eigenvalue weighted by atomic mass is 10.1. The molecule has 1 fully saturated rings. The third kappa shape index (κ3) is 7.60. The van der Waals surface area contributed by atoms with Gasteiger partial charge in [0.1, 0.15) is 12.6 Å². The summed E-state index contributed by atoms with van der Waals surface area (Å²) < 4.78 is 27.1. The summed E-state index contributed by atoms with van der Waals surface area (Å²) in [4.78, 5) is 28.5. The molecule has 1 saturated carbocycles. The Balaban J connectivity index is 1.94. The standard InChI is InChI=1S/C25H30BrCl2N3O4S/c1-3-23(25(33)29-19-8-4-5-9-19)30(15-17-11-12-21(27)22(28)13-17)24(32)16-31(36(2,34)35)20-10-6-7-18(26)14-20/h6-7,10-14,19,23H,3-5,8-9,15-16H2,1-2H3,(H,29,33)/t23-/m1/s1. The number of hydrogen-bond donors (Lipinski definition) is 1. The number of amides is 2. The molecule has 2 aromatic carbocycles. The van der Waals surface area contributed by atoms with E-state index in [-0.39, 0.29) is 18.5 Å². The van der Waals surface area contributed by atoms with Crippen molar-refractivity contribution in [1.82, 2.24) is 10.2 Å². The number of nitrogens with zero attached hydrogens (tertiary/aromatic N) is 2. The molecule has 7 nitrogen and oxygen atoms in total. The summed E-state index contributed by atoms with van der Waals surface area (Å²) >= 11 is 15.6. The summed E-state index contributed by atoms with van der Waals surface area (Å²) in [6, 6.07) is 11.0. The van der Waals surface area contributed by atoms with Crippen molar-refractivity contribution < 1.29 is 18.0 Å². The van der Waals surface area contributed by atoms with E-state index in [4.69, 9.17) is 23.2 Å². The minimum Gasteiger partial charge on any atom is -0.352 e. The first-order valence-corrected chi connectivity index (χ1v) is 15.2. The van der Waals surface area contributed by atoms with Gasteiger partial charge in [-0.05, 0) is 55.2 Å². The largest absolute Gasteiger partial charge is 0.352 e. The van der Waals surface area contributed by atoms with Crippen LogP contribution < -0.4 is 9.62 Å². The molecule has 0 radical (unpaired) electrons. The predicted molar refractivity (Wildman–Crippen MR) is 148 cm³/mol. The second kappa shape index (κ2) is 12.6. The first-order chi connectivity index (χ1) is 17.0. The van der Waals surface area contributed by atoms with Gasteiger partial charge in [0, 0.05) is 17.1 Å². The van der Waals surface area contributed by atoms with E-state index in [1.165, 1.54) is 4.90 Å². The highest BCUT2D eigenvalue weighted by molar-refractivity contribution is 9.10. The molecule has 0 heterocycles.